The van der Waals surface area contributed by atoms with Gasteiger partial charge in [0.25, 0.3) is 0 Å². The minimum absolute atomic E-state index is 0.168. The fourth-order valence-corrected chi connectivity index (χ4v) is 4.34. The topological polar surface area (TPSA) is 119 Å². The second-order valence-corrected chi connectivity index (χ2v) is 7.94. The smallest absolute Gasteiger partial charge is 0.333 e. The van der Waals surface area contributed by atoms with E-state index in [1.807, 2.05) is 0 Å². The van der Waals surface area contributed by atoms with E-state index in [-0.39, 0.29) is 11.9 Å². The third kappa shape index (κ3) is 3.18. The maximum atomic E-state index is 12.8. The molecule has 150 valence electrons. The summed E-state index contributed by atoms with van der Waals surface area (Å²) in [5.74, 6) is 2.10. The van der Waals surface area contributed by atoms with Crippen LogP contribution in [0.25, 0.3) is 0 Å². The Labute approximate surface area is 160 Å². The summed E-state index contributed by atoms with van der Waals surface area (Å²) in [5.41, 5.74) is 12.5. The van der Waals surface area contributed by atoms with Gasteiger partial charge in [-0.3, -0.25) is 10.9 Å². The third-order valence-electron chi connectivity index (χ3n) is 6.08. The number of alkyl halides is 2. The molecule has 2 aliphatic carbocycles. The van der Waals surface area contributed by atoms with Gasteiger partial charge in [0.2, 0.25) is 11.9 Å². The van der Waals surface area contributed by atoms with E-state index < -0.39 is 12.1 Å². The summed E-state index contributed by atoms with van der Waals surface area (Å²) in [5, 5.41) is 7.27. The van der Waals surface area contributed by atoms with Crippen molar-refractivity contribution in [3.05, 3.63) is 23.8 Å². The van der Waals surface area contributed by atoms with E-state index in [2.05, 4.69) is 36.2 Å². The lowest BCUT2D eigenvalue weighted by Crippen LogP contribution is -2.36. The Kier molecular flexibility index (Phi) is 4.16. The van der Waals surface area contributed by atoms with Crippen LogP contribution in [-0.2, 0) is 5.54 Å². The van der Waals surface area contributed by atoms with E-state index in [4.69, 9.17) is 5.73 Å². The molecule has 3 aliphatic rings. The van der Waals surface area contributed by atoms with Crippen molar-refractivity contribution in [3.8, 4) is 0 Å². The molecule has 0 spiro atoms. The van der Waals surface area contributed by atoms with Crippen molar-refractivity contribution >= 4 is 11.9 Å². The number of nitrogens with zero attached hydrogens (tertiary/aromatic N) is 5. The zero-order chi connectivity index (χ0) is 19.3. The highest BCUT2D eigenvalue weighted by molar-refractivity contribution is 5.41. The fourth-order valence-electron chi connectivity index (χ4n) is 4.34. The van der Waals surface area contributed by atoms with Crippen molar-refractivity contribution in [1.29, 1.82) is 0 Å². The summed E-state index contributed by atoms with van der Waals surface area (Å²) in [6.07, 6.45) is 5.91. The Balaban J connectivity index is 1.36. The van der Waals surface area contributed by atoms with Crippen LogP contribution < -0.4 is 21.9 Å². The van der Waals surface area contributed by atoms with E-state index in [1.165, 1.54) is 6.20 Å². The van der Waals surface area contributed by atoms with Gasteiger partial charge >= 0.3 is 6.55 Å². The molecule has 2 saturated carbocycles. The normalized spacial score (nSPS) is 28.3. The molecule has 11 heteroatoms. The number of anilines is 2. The monoisotopic (exact) mass is 391 g/mol. The number of nitrogen functional groups attached to an aromatic ring is 1. The number of hydrazine groups is 1. The van der Waals surface area contributed by atoms with Gasteiger partial charge in [-0.25, -0.2) is 4.68 Å². The van der Waals surface area contributed by atoms with E-state index in [1.54, 1.807) is 6.07 Å². The molecular formula is C17H23F2N9. The van der Waals surface area contributed by atoms with Gasteiger partial charge in [0, 0.05) is 24.7 Å². The second-order valence-electron chi connectivity index (χ2n) is 7.94. The molecule has 2 aromatic heterocycles. The molecule has 0 amide bonds. The average molecular weight is 391 g/mol. The Morgan fingerprint density at radius 2 is 2.11 bits per heavy atom. The van der Waals surface area contributed by atoms with Crippen LogP contribution in [0.5, 0.6) is 0 Å². The van der Waals surface area contributed by atoms with Crippen molar-refractivity contribution < 1.29 is 8.78 Å². The molecule has 0 radical (unpaired) electrons. The van der Waals surface area contributed by atoms with Crippen LogP contribution in [0.15, 0.2) is 12.3 Å². The summed E-state index contributed by atoms with van der Waals surface area (Å²) in [6, 6.07) is 2.03. The van der Waals surface area contributed by atoms with Crippen LogP contribution in [0.4, 0.5) is 20.7 Å². The maximum Gasteiger partial charge on any atom is 0.333 e. The first-order valence-electron chi connectivity index (χ1n) is 9.64. The van der Waals surface area contributed by atoms with E-state index in [0.29, 0.717) is 34.1 Å². The van der Waals surface area contributed by atoms with E-state index in [9.17, 15) is 8.78 Å². The van der Waals surface area contributed by atoms with Crippen molar-refractivity contribution in [1.82, 2.24) is 35.6 Å². The van der Waals surface area contributed by atoms with Crippen LogP contribution in [0.3, 0.4) is 0 Å². The van der Waals surface area contributed by atoms with Gasteiger partial charge in [0.15, 0.2) is 0 Å². The molecule has 9 nitrogen and oxygen atoms in total. The molecule has 28 heavy (non-hydrogen) atoms. The number of hydrogen-bond acceptors (Lipinski definition) is 8. The van der Waals surface area contributed by atoms with E-state index >= 15 is 0 Å². The standard InChI is InChI=1S/C17H23F2N9/c18-14(19)28-6-3-12(27-28)17(4-5-17)25-16-23-13(22-15(20)24-16)9-1-2-10-8-21-26-11(10)7-9/h3,6,9-11,14,21,26H,1-2,4-5,7-8H2,(H3,20,22,23,24,25). The van der Waals surface area contributed by atoms with Crippen molar-refractivity contribution in [3.63, 3.8) is 0 Å². The number of fused-ring (bicyclic) bond motifs is 1. The second kappa shape index (κ2) is 6.59. The zero-order valence-corrected chi connectivity index (χ0v) is 15.3. The average Bonchev–Trinajstić information content (AvgIpc) is 3.11. The lowest BCUT2D eigenvalue weighted by molar-refractivity contribution is 0.0560. The number of nitrogens with two attached hydrogens (primary N) is 1. The van der Waals surface area contributed by atoms with Gasteiger partial charge in [-0.05, 0) is 44.1 Å². The Morgan fingerprint density at radius 1 is 1.25 bits per heavy atom. The lowest BCUT2D eigenvalue weighted by Gasteiger charge is -2.30. The third-order valence-corrected chi connectivity index (χ3v) is 6.08. The molecular weight excluding hydrogens is 368 g/mol. The largest absolute Gasteiger partial charge is 0.368 e. The summed E-state index contributed by atoms with van der Waals surface area (Å²) in [4.78, 5) is 13.2. The molecule has 5 rings (SSSR count). The molecule has 5 N–H and O–H groups in total. The Bertz CT molecular complexity index is 866. The van der Waals surface area contributed by atoms with Crippen molar-refractivity contribution in [2.75, 3.05) is 17.6 Å². The molecule has 0 bridgehead atoms. The van der Waals surface area contributed by atoms with Gasteiger partial charge in [-0.2, -0.15) is 28.8 Å². The lowest BCUT2D eigenvalue weighted by atomic mass is 9.79. The van der Waals surface area contributed by atoms with Crippen molar-refractivity contribution in [2.45, 2.75) is 56.2 Å². The van der Waals surface area contributed by atoms with Crippen LogP contribution in [0.2, 0.25) is 0 Å². The molecule has 1 aliphatic heterocycles. The fraction of sp³-hybridized carbons (Fsp3) is 0.647. The number of rotatable bonds is 5. The SMILES string of the molecule is Nc1nc(NC2(c3ccn(C(F)F)n3)CC2)nc(C2CCC3CNNC3C2)n1. The van der Waals surface area contributed by atoms with Gasteiger partial charge in [-0.1, -0.05) is 0 Å². The van der Waals surface area contributed by atoms with Crippen LogP contribution in [0.1, 0.15) is 56.1 Å². The van der Waals surface area contributed by atoms with Crippen LogP contribution in [-0.4, -0.2) is 37.3 Å². The molecule has 3 heterocycles. The van der Waals surface area contributed by atoms with Gasteiger partial charge in [0.1, 0.15) is 5.82 Å². The first-order valence-corrected chi connectivity index (χ1v) is 9.64. The summed E-state index contributed by atoms with van der Waals surface area (Å²) in [6.45, 7) is -1.66. The summed E-state index contributed by atoms with van der Waals surface area (Å²) < 4.78 is 26.3. The number of nitrogens with one attached hydrogen (secondary N) is 3. The highest BCUT2D eigenvalue weighted by atomic mass is 19.3. The first-order chi connectivity index (χ1) is 13.5. The van der Waals surface area contributed by atoms with Gasteiger partial charge in [0.05, 0.1) is 11.2 Å². The molecule has 3 unspecified atom stereocenters. The highest BCUT2D eigenvalue weighted by Gasteiger charge is 2.47. The molecule has 3 atom stereocenters. The molecule has 3 fully saturated rings. The predicted octanol–water partition coefficient (Wildman–Crippen LogP) is 1.51. The molecule has 0 aromatic carbocycles. The number of hydrogen-bond donors (Lipinski definition) is 4. The first kappa shape index (κ1) is 17.7. The highest BCUT2D eigenvalue weighted by Crippen LogP contribution is 2.47. The number of halogens is 2. The zero-order valence-electron chi connectivity index (χ0n) is 15.3. The summed E-state index contributed by atoms with van der Waals surface area (Å²) in [7, 11) is 0. The van der Waals surface area contributed by atoms with Crippen LogP contribution >= 0.6 is 0 Å². The Morgan fingerprint density at radius 3 is 2.86 bits per heavy atom. The quantitative estimate of drug-likeness (QED) is 0.606. The van der Waals surface area contributed by atoms with Crippen LogP contribution in [0, 0.1) is 5.92 Å². The maximum absolute atomic E-state index is 12.8. The minimum atomic E-state index is -2.65. The van der Waals surface area contributed by atoms with Crippen molar-refractivity contribution in [2.24, 2.45) is 5.92 Å². The molecule has 2 aromatic rings. The van der Waals surface area contributed by atoms with Gasteiger partial charge in [-0.15, -0.1) is 0 Å². The van der Waals surface area contributed by atoms with E-state index in [0.717, 1.165) is 38.6 Å². The number of aromatic nitrogens is 5. The van der Waals surface area contributed by atoms with Gasteiger partial charge < -0.3 is 11.1 Å². The summed E-state index contributed by atoms with van der Waals surface area (Å²) >= 11 is 0. The predicted molar refractivity (Wildman–Crippen MR) is 97.3 cm³/mol. The molecule has 1 saturated heterocycles. The Hall–Kier alpha value is -2.40. The minimum Gasteiger partial charge on any atom is -0.368 e.